The van der Waals surface area contributed by atoms with Gasteiger partial charge in [-0.15, -0.1) is 0 Å². The summed E-state index contributed by atoms with van der Waals surface area (Å²) in [5, 5.41) is 3.36. The number of nitrogens with two attached hydrogens (primary N) is 1. The molecule has 0 aromatic heterocycles. The Kier molecular flexibility index (Phi) is 8.68. The molecule has 0 radical (unpaired) electrons. The Bertz CT molecular complexity index is 112. The van der Waals surface area contributed by atoms with Gasteiger partial charge in [-0.25, -0.2) is 0 Å². The van der Waals surface area contributed by atoms with Gasteiger partial charge in [0.15, 0.2) is 0 Å². The monoisotopic (exact) mass is 206 g/mol. The van der Waals surface area contributed by atoms with Gasteiger partial charge in [0, 0.05) is 33.0 Å². The van der Waals surface area contributed by atoms with Gasteiger partial charge in [-0.05, 0) is 6.42 Å². The lowest BCUT2D eigenvalue weighted by Crippen LogP contribution is -2.47. The van der Waals surface area contributed by atoms with E-state index in [0.29, 0.717) is 12.2 Å². The zero-order valence-corrected chi connectivity index (χ0v) is 10.0. The van der Waals surface area contributed by atoms with Crippen LogP contribution in [0.3, 0.4) is 0 Å². The smallest absolute Gasteiger partial charge is 0.338 e. The Morgan fingerprint density at radius 1 is 1.38 bits per heavy atom. The molecule has 3 N–H and O–H groups in total. The third-order valence-corrected chi connectivity index (χ3v) is 4.10. The van der Waals surface area contributed by atoms with Crippen molar-refractivity contribution in [1.82, 2.24) is 5.32 Å². The van der Waals surface area contributed by atoms with Gasteiger partial charge in [0.1, 0.15) is 0 Å². The van der Waals surface area contributed by atoms with Gasteiger partial charge in [0.05, 0.1) is 0 Å². The van der Waals surface area contributed by atoms with Gasteiger partial charge < -0.3 is 19.9 Å². The molecule has 0 saturated heterocycles. The van der Waals surface area contributed by atoms with Crippen LogP contribution in [0.1, 0.15) is 19.8 Å². The molecule has 0 bridgehead atoms. The first-order chi connectivity index (χ1) is 6.29. The van der Waals surface area contributed by atoms with E-state index in [1.54, 1.807) is 14.2 Å². The molecule has 0 amide bonds. The van der Waals surface area contributed by atoms with Crippen LogP contribution in [0.15, 0.2) is 0 Å². The molecule has 0 saturated carbocycles. The maximum atomic E-state index is 5.43. The van der Waals surface area contributed by atoms with Crippen LogP contribution in [0.2, 0.25) is 0 Å². The molecule has 0 aliphatic rings. The maximum absolute atomic E-state index is 5.43. The zero-order valence-electron chi connectivity index (χ0n) is 8.88. The van der Waals surface area contributed by atoms with Crippen molar-refractivity contribution < 1.29 is 8.85 Å². The first kappa shape index (κ1) is 13.1. The summed E-state index contributed by atoms with van der Waals surface area (Å²) >= 11 is 0. The Morgan fingerprint density at radius 2 is 2.00 bits per heavy atom. The Labute approximate surface area is 82.6 Å². The summed E-state index contributed by atoms with van der Waals surface area (Å²) in [5.41, 5.74) is 5.81. The zero-order chi connectivity index (χ0) is 10.1. The second-order valence-electron chi connectivity index (χ2n) is 2.98. The molecule has 0 aliphatic carbocycles. The quantitative estimate of drug-likeness (QED) is 0.538. The van der Waals surface area contributed by atoms with E-state index in [4.69, 9.17) is 14.6 Å². The average molecular weight is 206 g/mol. The SMILES string of the molecule is CCCC(NCCN)[SiH](OC)OC. The van der Waals surface area contributed by atoms with Gasteiger partial charge in [-0.3, -0.25) is 0 Å². The highest BCUT2D eigenvalue weighted by atomic mass is 28.3. The van der Waals surface area contributed by atoms with Crippen molar-refractivity contribution in [2.45, 2.75) is 25.4 Å². The average Bonchev–Trinajstić information content (AvgIpc) is 2.16. The van der Waals surface area contributed by atoms with Crippen LogP contribution in [0.25, 0.3) is 0 Å². The molecule has 0 aromatic rings. The minimum absolute atomic E-state index is 0.378. The molecule has 0 aromatic carbocycles. The highest BCUT2D eigenvalue weighted by Crippen LogP contribution is 2.02. The minimum Gasteiger partial charge on any atom is -0.399 e. The lowest BCUT2D eigenvalue weighted by Gasteiger charge is -2.23. The maximum Gasteiger partial charge on any atom is 0.338 e. The summed E-state index contributed by atoms with van der Waals surface area (Å²) in [6.45, 7) is 3.66. The fourth-order valence-electron chi connectivity index (χ4n) is 1.34. The summed E-state index contributed by atoms with van der Waals surface area (Å²) in [6.07, 6.45) is 2.23. The van der Waals surface area contributed by atoms with Gasteiger partial charge >= 0.3 is 9.28 Å². The first-order valence-corrected chi connectivity index (χ1v) is 6.40. The fourth-order valence-corrected chi connectivity index (χ4v) is 3.15. The summed E-state index contributed by atoms with van der Waals surface area (Å²) in [5.74, 6) is 0. The highest BCUT2D eigenvalue weighted by molar-refractivity contribution is 6.46. The first-order valence-electron chi connectivity index (χ1n) is 4.79. The number of rotatable bonds is 8. The standard InChI is InChI=1S/C8H22N2O2Si/c1-4-5-8(10-7-6-9)13(11-2)12-3/h8,10,13H,4-7,9H2,1-3H3. The van der Waals surface area contributed by atoms with Crippen molar-refractivity contribution in [3.63, 3.8) is 0 Å². The van der Waals surface area contributed by atoms with E-state index >= 15 is 0 Å². The summed E-state index contributed by atoms with van der Waals surface area (Å²) in [6, 6.07) is 0. The number of hydrogen-bond donors (Lipinski definition) is 2. The van der Waals surface area contributed by atoms with Gasteiger partial charge in [0.25, 0.3) is 0 Å². The lowest BCUT2D eigenvalue weighted by atomic mass is 10.3. The Morgan fingerprint density at radius 3 is 2.38 bits per heavy atom. The second-order valence-corrected chi connectivity index (χ2v) is 5.46. The van der Waals surface area contributed by atoms with Crippen LogP contribution in [0.5, 0.6) is 0 Å². The van der Waals surface area contributed by atoms with E-state index in [2.05, 4.69) is 12.2 Å². The van der Waals surface area contributed by atoms with E-state index in [1.807, 2.05) is 0 Å². The van der Waals surface area contributed by atoms with Crippen LogP contribution < -0.4 is 11.1 Å². The number of hydrogen-bond acceptors (Lipinski definition) is 4. The predicted molar refractivity (Wildman–Crippen MR) is 56.9 cm³/mol. The molecule has 4 nitrogen and oxygen atoms in total. The van der Waals surface area contributed by atoms with E-state index in [0.717, 1.165) is 19.4 Å². The molecule has 5 heteroatoms. The predicted octanol–water partition coefficient (Wildman–Crippen LogP) is -0.244. The molecule has 1 unspecified atom stereocenters. The van der Waals surface area contributed by atoms with Crippen molar-refractivity contribution >= 4 is 9.28 Å². The van der Waals surface area contributed by atoms with Crippen LogP contribution >= 0.6 is 0 Å². The van der Waals surface area contributed by atoms with Gasteiger partial charge in [0.2, 0.25) is 0 Å². The van der Waals surface area contributed by atoms with E-state index in [1.165, 1.54) is 0 Å². The van der Waals surface area contributed by atoms with E-state index in [-0.39, 0.29) is 0 Å². The summed E-state index contributed by atoms with van der Waals surface area (Å²) in [7, 11) is 1.91. The summed E-state index contributed by atoms with van der Waals surface area (Å²) in [4.78, 5) is 0. The largest absolute Gasteiger partial charge is 0.399 e. The van der Waals surface area contributed by atoms with Crippen molar-refractivity contribution in [2.75, 3.05) is 27.3 Å². The Balaban J connectivity index is 3.88. The Hall–Kier alpha value is 0.0569. The third-order valence-electron chi connectivity index (χ3n) is 1.94. The molecule has 0 heterocycles. The van der Waals surface area contributed by atoms with Crippen molar-refractivity contribution in [3.05, 3.63) is 0 Å². The van der Waals surface area contributed by atoms with Crippen LogP contribution in [0.4, 0.5) is 0 Å². The molecule has 13 heavy (non-hydrogen) atoms. The highest BCUT2D eigenvalue weighted by Gasteiger charge is 2.22. The molecule has 0 aliphatic heterocycles. The molecule has 0 rings (SSSR count). The third kappa shape index (κ3) is 5.38. The fraction of sp³-hybridized carbons (Fsp3) is 1.00. The van der Waals surface area contributed by atoms with Crippen LogP contribution in [-0.2, 0) is 8.85 Å². The number of nitrogens with one attached hydrogen (secondary N) is 1. The topological polar surface area (TPSA) is 56.5 Å². The molecular weight excluding hydrogens is 184 g/mol. The van der Waals surface area contributed by atoms with Gasteiger partial charge in [-0.1, -0.05) is 13.3 Å². The van der Waals surface area contributed by atoms with Crippen molar-refractivity contribution in [2.24, 2.45) is 5.73 Å². The molecule has 0 fully saturated rings. The minimum atomic E-state index is -1.52. The molecular formula is C8H22N2O2Si. The van der Waals surface area contributed by atoms with E-state index < -0.39 is 9.28 Å². The molecule has 0 spiro atoms. The van der Waals surface area contributed by atoms with Crippen molar-refractivity contribution in [1.29, 1.82) is 0 Å². The second kappa shape index (κ2) is 8.65. The van der Waals surface area contributed by atoms with Crippen molar-refractivity contribution in [3.8, 4) is 0 Å². The lowest BCUT2D eigenvalue weighted by molar-refractivity contribution is 0.256. The summed E-state index contributed by atoms with van der Waals surface area (Å²) < 4.78 is 10.6. The van der Waals surface area contributed by atoms with Gasteiger partial charge in [-0.2, -0.15) is 0 Å². The van der Waals surface area contributed by atoms with E-state index in [9.17, 15) is 0 Å². The molecule has 80 valence electrons. The normalized spacial score (nSPS) is 13.6. The molecule has 1 atom stereocenters. The van der Waals surface area contributed by atoms with Crippen LogP contribution in [0, 0.1) is 0 Å². The van der Waals surface area contributed by atoms with Crippen LogP contribution in [-0.4, -0.2) is 42.3 Å².